The molecule has 0 spiro atoms. The zero-order valence-electron chi connectivity index (χ0n) is 8.31. The number of rotatable bonds is 2. The Kier molecular flexibility index (Phi) is 3.80. The average molecular weight is 252 g/mol. The summed E-state index contributed by atoms with van der Waals surface area (Å²) in [6.07, 6.45) is -4.45. The van der Waals surface area contributed by atoms with E-state index in [-0.39, 0.29) is 5.56 Å². The van der Waals surface area contributed by atoms with Crippen molar-refractivity contribution in [1.29, 1.82) is 0 Å². The molecular formula is C10H9ClF3NO. The van der Waals surface area contributed by atoms with Gasteiger partial charge < -0.3 is 5.32 Å². The highest BCUT2D eigenvalue weighted by molar-refractivity contribution is 6.30. The molecule has 0 aliphatic heterocycles. The molecular weight excluding hydrogens is 243 g/mol. The lowest BCUT2D eigenvalue weighted by Crippen LogP contribution is -2.43. The zero-order chi connectivity index (χ0) is 12.3. The van der Waals surface area contributed by atoms with E-state index in [4.69, 9.17) is 11.6 Å². The van der Waals surface area contributed by atoms with Crippen molar-refractivity contribution in [3.05, 3.63) is 34.9 Å². The van der Waals surface area contributed by atoms with Gasteiger partial charge in [-0.1, -0.05) is 17.7 Å². The highest BCUT2D eigenvalue weighted by Crippen LogP contribution is 2.20. The van der Waals surface area contributed by atoms with Crippen molar-refractivity contribution in [1.82, 2.24) is 5.32 Å². The Bertz CT molecular complexity index is 392. The lowest BCUT2D eigenvalue weighted by Gasteiger charge is -2.17. The molecule has 0 aliphatic rings. The van der Waals surface area contributed by atoms with E-state index in [1.165, 1.54) is 24.3 Å². The number of carbonyl (C=O) groups excluding carboxylic acids is 1. The molecule has 1 unspecified atom stereocenters. The molecule has 0 bridgehead atoms. The molecule has 0 saturated heterocycles. The van der Waals surface area contributed by atoms with Gasteiger partial charge in [0.1, 0.15) is 6.04 Å². The summed E-state index contributed by atoms with van der Waals surface area (Å²) in [5, 5.41) is 2.14. The minimum atomic E-state index is -4.45. The number of hydrogen-bond donors (Lipinski definition) is 1. The second-order valence-corrected chi connectivity index (χ2v) is 3.68. The fraction of sp³-hybridized carbons (Fsp3) is 0.300. The predicted molar refractivity (Wildman–Crippen MR) is 54.4 cm³/mol. The Balaban J connectivity index is 2.74. The fourth-order valence-corrected chi connectivity index (χ4v) is 1.18. The average Bonchev–Trinajstić information content (AvgIpc) is 2.16. The van der Waals surface area contributed by atoms with Gasteiger partial charge in [-0.05, 0) is 25.1 Å². The number of halogens is 4. The smallest absolute Gasteiger partial charge is 0.341 e. The van der Waals surface area contributed by atoms with Gasteiger partial charge in [-0.3, -0.25) is 4.79 Å². The van der Waals surface area contributed by atoms with E-state index < -0.39 is 18.1 Å². The van der Waals surface area contributed by atoms with Crippen LogP contribution < -0.4 is 5.32 Å². The summed E-state index contributed by atoms with van der Waals surface area (Å²) in [6, 6.07) is 3.84. The molecule has 0 aliphatic carbocycles. The third-order valence-corrected chi connectivity index (χ3v) is 2.16. The topological polar surface area (TPSA) is 29.1 Å². The standard InChI is InChI=1S/C10H9ClF3NO/c1-6(10(12,13)14)15-9(16)7-3-2-4-8(11)5-7/h2-6H,1H3,(H,15,16). The van der Waals surface area contributed by atoms with E-state index in [0.717, 1.165) is 6.92 Å². The summed E-state index contributed by atoms with van der Waals surface area (Å²) >= 11 is 5.61. The minimum absolute atomic E-state index is 0.101. The number of nitrogens with one attached hydrogen (secondary N) is 1. The Hall–Kier alpha value is -1.23. The summed E-state index contributed by atoms with van der Waals surface area (Å²) in [5.74, 6) is -0.799. The van der Waals surface area contributed by atoms with E-state index in [0.29, 0.717) is 5.02 Å². The Morgan fingerprint density at radius 3 is 2.56 bits per heavy atom. The van der Waals surface area contributed by atoms with E-state index in [1.54, 1.807) is 0 Å². The first-order chi connectivity index (χ1) is 7.30. The first kappa shape index (κ1) is 12.8. The monoisotopic (exact) mass is 251 g/mol. The molecule has 6 heteroatoms. The van der Waals surface area contributed by atoms with Gasteiger partial charge >= 0.3 is 6.18 Å². The van der Waals surface area contributed by atoms with Gasteiger partial charge in [-0.25, -0.2) is 0 Å². The molecule has 1 N–H and O–H groups in total. The number of carbonyl (C=O) groups is 1. The van der Waals surface area contributed by atoms with Gasteiger partial charge in [0.05, 0.1) is 0 Å². The molecule has 0 heterocycles. The SMILES string of the molecule is CC(NC(=O)c1cccc(Cl)c1)C(F)(F)F. The summed E-state index contributed by atoms with van der Waals surface area (Å²) in [4.78, 5) is 11.4. The maximum absolute atomic E-state index is 12.2. The van der Waals surface area contributed by atoms with Crippen LogP contribution in [0.25, 0.3) is 0 Å². The largest absolute Gasteiger partial charge is 0.408 e. The quantitative estimate of drug-likeness (QED) is 0.860. The zero-order valence-corrected chi connectivity index (χ0v) is 9.06. The van der Waals surface area contributed by atoms with Crippen molar-refractivity contribution in [2.75, 3.05) is 0 Å². The first-order valence-electron chi connectivity index (χ1n) is 4.44. The minimum Gasteiger partial charge on any atom is -0.341 e. The predicted octanol–water partition coefficient (Wildman–Crippen LogP) is 3.02. The lowest BCUT2D eigenvalue weighted by atomic mass is 10.2. The molecule has 1 rings (SSSR count). The number of hydrogen-bond acceptors (Lipinski definition) is 1. The van der Waals surface area contributed by atoms with Crippen molar-refractivity contribution in [2.45, 2.75) is 19.1 Å². The van der Waals surface area contributed by atoms with Crippen LogP contribution >= 0.6 is 11.6 Å². The Morgan fingerprint density at radius 1 is 1.44 bits per heavy atom. The molecule has 88 valence electrons. The van der Waals surface area contributed by atoms with E-state index in [2.05, 4.69) is 0 Å². The molecule has 2 nitrogen and oxygen atoms in total. The Labute approximate surface area is 95.4 Å². The molecule has 0 aromatic heterocycles. The van der Waals surface area contributed by atoms with E-state index in [1.807, 2.05) is 5.32 Å². The van der Waals surface area contributed by atoms with Gasteiger partial charge in [-0.15, -0.1) is 0 Å². The molecule has 1 aromatic carbocycles. The second kappa shape index (κ2) is 4.74. The molecule has 0 saturated carbocycles. The van der Waals surface area contributed by atoms with Gasteiger partial charge in [0.25, 0.3) is 5.91 Å². The summed E-state index contributed by atoms with van der Waals surface area (Å²) in [6.45, 7) is 0.877. The van der Waals surface area contributed by atoms with Crippen molar-refractivity contribution < 1.29 is 18.0 Å². The van der Waals surface area contributed by atoms with Crippen molar-refractivity contribution in [3.8, 4) is 0 Å². The maximum Gasteiger partial charge on any atom is 0.408 e. The van der Waals surface area contributed by atoms with Gasteiger partial charge in [0.2, 0.25) is 0 Å². The van der Waals surface area contributed by atoms with Crippen LogP contribution in [0, 0.1) is 0 Å². The van der Waals surface area contributed by atoms with Crippen molar-refractivity contribution >= 4 is 17.5 Å². The first-order valence-corrected chi connectivity index (χ1v) is 4.81. The van der Waals surface area contributed by atoms with Gasteiger partial charge in [-0.2, -0.15) is 13.2 Å². The van der Waals surface area contributed by atoms with Crippen LogP contribution in [0.5, 0.6) is 0 Å². The van der Waals surface area contributed by atoms with Gasteiger partial charge in [0, 0.05) is 10.6 Å². The molecule has 1 aromatic rings. The molecule has 1 amide bonds. The normalized spacial score (nSPS) is 13.3. The van der Waals surface area contributed by atoms with Gasteiger partial charge in [0.15, 0.2) is 0 Å². The summed E-state index contributed by atoms with van der Waals surface area (Å²) in [7, 11) is 0. The molecule has 1 atom stereocenters. The second-order valence-electron chi connectivity index (χ2n) is 3.25. The van der Waals surface area contributed by atoms with E-state index >= 15 is 0 Å². The third-order valence-electron chi connectivity index (χ3n) is 1.93. The van der Waals surface area contributed by atoms with E-state index in [9.17, 15) is 18.0 Å². The van der Waals surface area contributed by atoms with Crippen LogP contribution in [0.4, 0.5) is 13.2 Å². The van der Waals surface area contributed by atoms with Crippen LogP contribution in [0.2, 0.25) is 5.02 Å². The van der Waals surface area contributed by atoms with Crippen LogP contribution in [0.1, 0.15) is 17.3 Å². The number of alkyl halides is 3. The van der Waals surface area contributed by atoms with Crippen LogP contribution in [-0.2, 0) is 0 Å². The molecule has 16 heavy (non-hydrogen) atoms. The van der Waals surface area contributed by atoms with Crippen LogP contribution in [-0.4, -0.2) is 18.1 Å². The molecule has 0 radical (unpaired) electrons. The fourth-order valence-electron chi connectivity index (χ4n) is 0.992. The van der Waals surface area contributed by atoms with Crippen molar-refractivity contribution in [2.24, 2.45) is 0 Å². The molecule has 0 fully saturated rings. The summed E-state index contributed by atoms with van der Waals surface area (Å²) < 4.78 is 36.5. The Morgan fingerprint density at radius 2 is 2.06 bits per heavy atom. The number of benzene rings is 1. The third kappa shape index (κ3) is 3.41. The van der Waals surface area contributed by atoms with Crippen LogP contribution in [0.15, 0.2) is 24.3 Å². The van der Waals surface area contributed by atoms with Crippen LogP contribution in [0.3, 0.4) is 0 Å². The lowest BCUT2D eigenvalue weighted by molar-refractivity contribution is -0.149. The highest BCUT2D eigenvalue weighted by Gasteiger charge is 2.37. The summed E-state index contributed by atoms with van der Waals surface area (Å²) in [5.41, 5.74) is 0.101. The van der Waals surface area contributed by atoms with Crippen molar-refractivity contribution in [3.63, 3.8) is 0 Å². The number of amides is 1. The highest BCUT2D eigenvalue weighted by atomic mass is 35.5. The maximum atomic E-state index is 12.2.